The Hall–Kier alpha value is -2.08. The lowest BCUT2D eigenvalue weighted by molar-refractivity contribution is -0.132. The summed E-state index contributed by atoms with van der Waals surface area (Å²) in [6.07, 6.45) is 3.62. The number of hydrogen-bond donors (Lipinski definition) is 2. The van der Waals surface area contributed by atoms with Crippen molar-refractivity contribution >= 4 is 41.7 Å². The molecule has 0 saturated heterocycles. The van der Waals surface area contributed by atoms with Crippen LogP contribution in [0.25, 0.3) is 10.9 Å². The van der Waals surface area contributed by atoms with Crippen molar-refractivity contribution in [1.29, 1.82) is 0 Å². The summed E-state index contributed by atoms with van der Waals surface area (Å²) >= 11 is 6.05. The number of rotatable bonds is 7. The fraction of sp³-hybridized carbons (Fsp3) is 0.423. The first-order valence-corrected chi connectivity index (χ1v) is 15.2. The minimum atomic E-state index is -1.82. The zero-order valence-corrected chi connectivity index (χ0v) is 21.2. The van der Waals surface area contributed by atoms with E-state index in [0.29, 0.717) is 19.2 Å². The number of aryl methyl sites for hydroxylation is 1. The summed E-state index contributed by atoms with van der Waals surface area (Å²) in [6.45, 7) is 9.47. The third-order valence-corrected chi connectivity index (χ3v) is 10.2. The Kier molecular flexibility index (Phi) is 6.53. The second-order valence-electron chi connectivity index (χ2n) is 9.46. The van der Waals surface area contributed by atoms with E-state index in [2.05, 4.69) is 67.6 Å². The third kappa shape index (κ3) is 4.26. The molecule has 4 rings (SSSR count). The summed E-state index contributed by atoms with van der Waals surface area (Å²) in [6, 6.07) is 14.5. The maximum absolute atomic E-state index is 13.2. The highest BCUT2D eigenvalue weighted by Crippen LogP contribution is 2.42. The summed E-state index contributed by atoms with van der Waals surface area (Å²) in [5, 5.41) is 6.52. The van der Waals surface area contributed by atoms with Gasteiger partial charge in [-0.15, -0.1) is 0 Å². The first-order valence-electron chi connectivity index (χ1n) is 11.6. The molecule has 6 heteroatoms. The van der Waals surface area contributed by atoms with Crippen LogP contribution in [0.15, 0.2) is 42.5 Å². The van der Waals surface area contributed by atoms with Gasteiger partial charge in [-0.05, 0) is 42.5 Å². The van der Waals surface area contributed by atoms with E-state index in [1.54, 1.807) is 0 Å². The minimum Gasteiger partial charge on any atom is -0.368 e. The molecule has 1 aliphatic heterocycles. The quantitative estimate of drug-likeness (QED) is 0.467. The van der Waals surface area contributed by atoms with E-state index in [1.165, 1.54) is 27.2 Å². The van der Waals surface area contributed by atoms with E-state index in [1.807, 2.05) is 12.1 Å². The topological polar surface area (TPSA) is 54.1 Å². The average molecular weight is 469 g/mol. The number of nitrogens with one attached hydrogen (secondary N) is 2. The molecular weight excluding hydrogens is 436 g/mol. The van der Waals surface area contributed by atoms with Crippen molar-refractivity contribution in [2.75, 3.05) is 12.8 Å². The molecule has 0 spiro atoms. The Balaban J connectivity index is 1.56. The highest BCUT2D eigenvalue weighted by molar-refractivity contribution is 6.90. The van der Waals surface area contributed by atoms with Gasteiger partial charge >= 0.3 is 0 Å². The molecule has 3 aromatic rings. The van der Waals surface area contributed by atoms with E-state index < -0.39 is 13.7 Å². The summed E-state index contributed by atoms with van der Waals surface area (Å²) in [5.41, 5.74) is 4.30. The van der Waals surface area contributed by atoms with Gasteiger partial charge in [0.25, 0.3) is 0 Å². The lowest BCUT2D eigenvalue weighted by Crippen LogP contribution is -2.52. The normalized spacial score (nSPS) is 18.5. The number of para-hydroxylation sites is 1. The standard InChI is InChI=1S/C26H33ClN2O2Si/c1-5-18-8-7-9-21-22-14-15-31-26(6-2,25(22)29-24(18)21)16-23(30)28-17-32(3,4)20-12-10-19(27)11-13-20/h7-13,29H,5-6,14-17H2,1-4H3,(H,28,30). The highest BCUT2D eigenvalue weighted by atomic mass is 35.5. The van der Waals surface area contributed by atoms with E-state index in [0.717, 1.165) is 30.0 Å². The van der Waals surface area contributed by atoms with E-state index in [-0.39, 0.29) is 5.91 Å². The second kappa shape index (κ2) is 9.04. The fourth-order valence-electron chi connectivity index (χ4n) is 4.89. The molecule has 0 fully saturated rings. The predicted molar refractivity (Wildman–Crippen MR) is 135 cm³/mol. The Morgan fingerprint density at radius 2 is 1.94 bits per heavy atom. The Bertz CT molecular complexity index is 1120. The molecule has 4 nitrogen and oxygen atoms in total. The third-order valence-electron chi connectivity index (χ3n) is 6.97. The molecule has 170 valence electrons. The number of amides is 1. The molecule has 1 aliphatic rings. The Labute approximate surface area is 196 Å². The molecule has 2 aromatic carbocycles. The van der Waals surface area contributed by atoms with Crippen molar-refractivity contribution in [3.05, 3.63) is 64.3 Å². The molecular formula is C26H33ClN2O2Si. The van der Waals surface area contributed by atoms with Gasteiger partial charge in [0.1, 0.15) is 13.7 Å². The van der Waals surface area contributed by atoms with Crippen LogP contribution in [-0.2, 0) is 28.0 Å². The summed E-state index contributed by atoms with van der Waals surface area (Å²) in [4.78, 5) is 16.8. The average Bonchev–Trinajstić information content (AvgIpc) is 3.18. The molecule has 2 N–H and O–H groups in total. The zero-order valence-electron chi connectivity index (χ0n) is 19.5. The Morgan fingerprint density at radius 3 is 2.62 bits per heavy atom. The summed E-state index contributed by atoms with van der Waals surface area (Å²) < 4.78 is 6.35. The van der Waals surface area contributed by atoms with E-state index in [9.17, 15) is 4.79 Å². The number of fused-ring (bicyclic) bond motifs is 3. The Morgan fingerprint density at radius 1 is 1.19 bits per heavy atom. The molecule has 1 amide bonds. The van der Waals surface area contributed by atoms with Crippen LogP contribution in [0.5, 0.6) is 0 Å². The van der Waals surface area contributed by atoms with Crippen molar-refractivity contribution in [3.8, 4) is 0 Å². The number of H-pyrrole nitrogens is 1. The first kappa shape index (κ1) is 23.1. The molecule has 32 heavy (non-hydrogen) atoms. The summed E-state index contributed by atoms with van der Waals surface area (Å²) in [5.74, 6) is 0.0450. The number of halogens is 1. The van der Waals surface area contributed by atoms with Crippen LogP contribution in [0.4, 0.5) is 0 Å². The van der Waals surface area contributed by atoms with Gasteiger partial charge in [-0.1, -0.05) is 74.1 Å². The van der Waals surface area contributed by atoms with Gasteiger partial charge in [0, 0.05) is 22.1 Å². The number of aromatic nitrogens is 1. The number of benzene rings is 2. The fourth-order valence-corrected chi connectivity index (χ4v) is 6.92. The number of ether oxygens (including phenoxy) is 1. The predicted octanol–water partition coefficient (Wildman–Crippen LogP) is 5.22. The number of aromatic amines is 1. The monoisotopic (exact) mass is 468 g/mol. The van der Waals surface area contributed by atoms with Gasteiger partial charge in [0.2, 0.25) is 5.91 Å². The maximum atomic E-state index is 13.2. The van der Waals surface area contributed by atoms with Gasteiger partial charge in [-0.25, -0.2) is 0 Å². The molecule has 0 saturated carbocycles. The number of carbonyl (C=O) groups is 1. The number of hydrogen-bond acceptors (Lipinski definition) is 2. The number of carbonyl (C=O) groups excluding carboxylic acids is 1. The smallest absolute Gasteiger partial charge is 0.223 e. The van der Waals surface area contributed by atoms with Gasteiger partial charge in [0.05, 0.1) is 18.7 Å². The first-order chi connectivity index (χ1) is 15.3. The largest absolute Gasteiger partial charge is 0.368 e. The second-order valence-corrected chi connectivity index (χ2v) is 14.6. The van der Waals surface area contributed by atoms with Crippen LogP contribution in [-0.4, -0.2) is 31.7 Å². The van der Waals surface area contributed by atoms with Gasteiger partial charge in [0.15, 0.2) is 0 Å². The lowest BCUT2D eigenvalue weighted by atomic mass is 9.86. The maximum Gasteiger partial charge on any atom is 0.223 e. The SMILES string of the molecule is CCc1cccc2c3c([nH]c12)C(CC)(CC(=O)NC[Si](C)(C)c1ccc(Cl)cc1)OCC3. The highest BCUT2D eigenvalue weighted by Gasteiger charge is 2.41. The van der Waals surface area contributed by atoms with Crippen molar-refractivity contribution in [2.24, 2.45) is 0 Å². The zero-order chi connectivity index (χ0) is 22.9. The molecule has 1 atom stereocenters. The lowest BCUT2D eigenvalue weighted by Gasteiger charge is -2.36. The van der Waals surface area contributed by atoms with Gasteiger partial charge in [-0.3, -0.25) is 4.79 Å². The van der Waals surface area contributed by atoms with E-state index >= 15 is 0 Å². The summed E-state index contributed by atoms with van der Waals surface area (Å²) in [7, 11) is -1.82. The van der Waals surface area contributed by atoms with Crippen molar-refractivity contribution < 1.29 is 9.53 Å². The molecule has 1 aromatic heterocycles. The van der Waals surface area contributed by atoms with Crippen LogP contribution in [0.2, 0.25) is 18.1 Å². The van der Waals surface area contributed by atoms with Gasteiger partial charge in [-0.2, -0.15) is 0 Å². The van der Waals surface area contributed by atoms with Crippen molar-refractivity contribution in [1.82, 2.24) is 10.3 Å². The molecule has 2 heterocycles. The van der Waals surface area contributed by atoms with Crippen molar-refractivity contribution in [3.63, 3.8) is 0 Å². The van der Waals surface area contributed by atoms with E-state index in [4.69, 9.17) is 16.3 Å². The van der Waals surface area contributed by atoms with Crippen LogP contribution in [0, 0.1) is 0 Å². The molecule has 0 radical (unpaired) electrons. The molecule has 0 aliphatic carbocycles. The molecule has 1 unspecified atom stereocenters. The minimum absolute atomic E-state index is 0.0450. The van der Waals surface area contributed by atoms with Crippen LogP contribution in [0.1, 0.15) is 43.5 Å². The van der Waals surface area contributed by atoms with Gasteiger partial charge < -0.3 is 15.0 Å². The van der Waals surface area contributed by atoms with Crippen LogP contribution in [0.3, 0.4) is 0 Å². The molecule has 0 bridgehead atoms. The van der Waals surface area contributed by atoms with Crippen LogP contribution < -0.4 is 10.5 Å². The van der Waals surface area contributed by atoms with Crippen molar-refractivity contribution in [2.45, 2.75) is 58.2 Å². The van der Waals surface area contributed by atoms with Crippen LogP contribution >= 0.6 is 11.6 Å².